The van der Waals surface area contributed by atoms with Gasteiger partial charge in [-0.2, -0.15) is 0 Å². The molecule has 0 radical (unpaired) electrons. The zero-order valence-corrected chi connectivity index (χ0v) is 16.4. The van der Waals surface area contributed by atoms with Gasteiger partial charge in [-0.25, -0.2) is 4.79 Å². The smallest absolute Gasteiger partial charge is 0.338 e. The number of ether oxygens (including phenoxy) is 1. The molecule has 0 bridgehead atoms. The van der Waals surface area contributed by atoms with Crippen LogP contribution < -0.4 is 4.90 Å². The maximum absolute atomic E-state index is 12.2. The van der Waals surface area contributed by atoms with Crippen LogP contribution in [0.1, 0.15) is 87.9 Å². The highest BCUT2D eigenvalue weighted by molar-refractivity contribution is 6.20. The summed E-state index contributed by atoms with van der Waals surface area (Å²) in [6.07, 6.45) is 11.4. The van der Waals surface area contributed by atoms with E-state index in [4.69, 9.17) is 4.74 Å². The van der Waals surface area contributed by atoms with E-state index in [1.54, 1.807) is 24.3 Å². The summed E-state index contributed by atoms with van der Waals surface area (Å²) in [4.78, 5) is 37.0. The lowest BCUT2D eigenvalue weighted by Gasteiger charge is -2.14. The molecule has 5 heteroatoms. The average Bonchev–Trinajstić information content (AvgIpc) is 3.01. The van der Waals surface area contributed by atoms with Crippen LogP contribution in [0.25, 0.3) is 0 Å². The minimum absolute atomic E-state index is 0.222. The van der Waals surface area contributed by atoms with Crippen molar-refractivity contribution in [2.45, 2.75) is 77.6 Å². The maximum atomic E-state index is 12.2. The first kappa shape index (κ1) is 21.1. The fourth-order valence-electron chi connectivity index (χ4n) is 3.30. The summed E-state index contributed by atoms with van der Waals surface area (Å²) in [6, 6.07) is 6.54. The number of unbranched alkanes of at least 4 members (excludes halogenated alkanes) is 8. The third-order valence-corrected chi connectivity index (χ3v) is 4.87. The lowest BCUT2D eigenvalue weighted by Crippen LogP contribution is -2.28. The van der Waals surface area contributed by atoms with Gasteiger partial charge >= 0.3 is 5.97 Å². The number of hydrogen-bond acceptors (Lipinski definition) is 4. The molecule has 1 aliphatic heterocycles. The van der Waals surface area contributed by atoms with Crippen LogP contribution in [-0.4, -0.2) is 24.4 Å². The number of esters is 1. The van der Waals surface area contributed by atoms with Crippen molar-refractivity contribution in [3.8, 4) is 0 Å². The summed E-state index contributed by atoms with van der Waals surface area (Å²) in [5.74, 6) is -0.851. The van der Waals surface area contributed by atoms with Crippen LogP contribution in [-0.2, 0) is 14.3 Å². The van der Waals surface area contributed by atoms with Crippen molar-refractivity contribution >= 4 is 23.5 Å². The maximum Gasteiger partial charge on any atom is 0.338 e. The van der Waals surface area contributed by atoms with Gasteiger partial charge in [-0.1, -0.05) is 64.4 Å². The number of rotatable bonds is 12. The van der Waals surface area contributed by atoms with Crippen LogP contribution in [0, 0.1) is 0 Å². The molecule has 0 aromatic heterocycles. The Labute approximate surface area is 162 Å². The van der Waals surface area contributed by atoms with Gasteiger partial charge in [-0.05, 0) is 24.6 Å². The average molecular weight is 373 g/mol. The second-order valence-electron chi connectivity index (χ2n) is 7.14. The van der Waals surface area contributed by atoms with Gasteiger partial charge in [0.2, 0.25) is 11.8 Å². The summed E-state index contributed by atoms with van der Waals surface area (Å²) in [6.45, 7) is 2.63. The molecule has 148 valence electrons. The number of amides is 2. The zero-order chi connectivity index (χ0) is 19.5. The molecule has 0 atom stereocenters. The van der Waals surface area contributed by atoms with Crippen LogP contribution in [0.2, 0.25) is 0 Å². The Morgan fingerprint density at radius 3 is 2.15 bits per heavy atom. The summed E-state index contributed by atoms with van der Waals surface area (Å²) >= 11 is 0. The van der Waals surface area contributed by atoms with Gasteiger partial charge in [-0.3, -0.25) is 14.5 Å². The van der Waals surface area contributed by atoms with Gasteiger partial charge in [0.15, 0.2) is 0 Å². The van der Waals surface area contributed by atoms with Crippen molar-refractivity contribution in [3.05, 3.63) is 29.8 Å². The molecular weight excluding hydrogens is 342 g/mol. The molecule has 0 aliphatic carbocycles. The Hall–Kier alpha value is -2.17. The lowest BCUT2D eigenvalue weighted by atomic mass is 10.1. The first-order valence-corrected chi connectivity index (χ1v) is 10.3. The molecular formula is C22H31NO4. The predicted molar refractivity (Wildman–Crippen MR) is 106 cm³/mol. The Balaban J connectivity index is 1.67. The van der Waals surface area contributed by atoms with E-state index in [0.29, 0.717) is 17.9 Å². The van der Waals surface area contributed by atoms with E-state index in [-0.39, 0.29) is 24.7 Å². The molecule has 0 saturated carbocycles. The molecule has 1 aromatic carbocycles. The Bertz CT molecular complexity index is 625. The molecule has 5 nitrogen and oxygen atoms in total. The molecule has 1 fully saturated rings. The van der Waals surface area contributed by atoms with Crippen molar-refractivity contribution in [2.75, 3.05) is 11.5 Å². The molecule has 1 heterocycles. The van der Waals surface area contributed by atoms with Gasteiger partial charge in [-0.15, -0.1) is 0 Å². The van der Waals surface area contributed by atoms with Crippen LogP contribution in [0.4, 0.5) is 5.69 Å². The van der Waals surface area contributed by atoms with E-state index >= 15 is 0 Å². The summed E-state index contributed by atoms with van der Waals surface area (Å²) < 4.78 is 5.33. The molecule has 0 N–H and O–H groups in total. The van der Waals surface area contributed by atoms with Crippen LogP contribution in [0.15, 0.2) is 24.3 Å². The van der Waals surface area contributed by atoms with E-state index in [1.807, 2.05) is 0 Å². The van der Waals surface area contributed by atoms with Crippen LogP contribution >= 0.6 is 0 Å². The molecule has 27 heavy (non-hydrogen) atoms. The minimum Gasteiger partial charge on any atom is -0.462 e. The van der Waals surface area contributed by atoms with Crippen molar-refractivity contribution < 1.29 is 19.1 Å². The fourth-order valence-corrected chi connectivity index (χ4v) is 3.30. The number of nitrogens with zero attached hydrogens (tertiary/aromatic N) is 1. The van der Waals surface area contributed by atoms with Crippen molar-refractivity contribution in [2.24, 2.45) is 0 Å². The van der Waals surface area contributed by atoms with Crippen LogP contribution in [0.3, 0.4) is 0 Å². The van der Waals surface area contributed by atoms with E-state index < -0.39 is 5.97 Å². The number of carbonyl (C=O) groups is 3. The van der Waals surface area contributed by atoms with E-state index in [1.165, 1.54) is 44.9 Å². The van der Waals surface area contributed by atoms with Gasteiger partial charge in [0.1, 0.15) is 0 Å². The first-order valence-electron chi connectivity index (χ1n) is 10.3. The van der Waals surface area contributed by atoms with Crippen LogP contribution in [0.5, 0.6) is 0 Å². The second-order valence-corrected chi connectivity index (χ2v) is 7.14. The summed E-state index contributed by atoms with van der Waals surface area (Å²) in [5, 5.41) is 0. The second kappa shape index (κ2) is 11.5. The standard InChI is InChI=1S/C22H31NO4/c1-2-3-4-5-6-7-8-9-10-16-27-22(26)18-12-11-13-19(17-18)23-20(24)14-15-21(23)25/h11-13,17H,2-10,14-16H2,1H3. The third-order valence-electron chi connectivity index (χ3n) is 4.87. The third kappa shape index (κ3) is 6.81. The monoisotopic (exact) mass is 373 g/mol. The number of imide groups is 1. The number of carbonyl (C=O) groups excluding carboxylic acids is 3. The summed E-state index contributed by atoms with van der Waals surface area (Å²) in [5.41, 5.74) is 0.816. The largest absolute Gasteiger partial charge is 0.462 e. The Morgan fingerprint density at radius 2 is 1.52 bits per heavy atom. The van der Waals surface area contributed by atoms with Crippen molar-refractivity contribution in [1.82, 2.24) is 0 Å². The molecule has 2 rings (SSSR count). The minimum atomic E-state index is -0.407. The topological polar surface area (TPSA) is 63.7 Å². The fraction of sp³-hybridized carbons (Fsp3) is 0.591. The number of benzene rings is 1. The summed E-state index contributed by atoms with van der Waals surface area (Å²) in [7, 11) is 0. The van der Waals surface area contributed by atoms with E-state index in [0.717, 1.165) is 17.7 Å². The molecule has 0 unspecified atom stereocenters. The van der Waals surface area contributed by atoms with Gasteiger partial charge < -0.3 is 4.74 Å². The molecule has 0 spiro atoms. The first-order chi connectivity index (χ1) is 13.1. The number of anilines is 1. The highest BCUT2D eigenvalue weighted by atomic mass is 16.5. The Kier molecular flexibility index (Phi) is 9.02. The molecule has 1 saturated heterocycles. The van der Waals surface area contributed by atoms with Gasteiger partial charge in [0.05, 0.1) is 17.9 Å². The normalized spacial score (nSPS) is 14.0. The van der Waals surface area contributed by atoms with E-state index in [2.05, 4.69) is 6.92 Å². The highest BCUT2D eigenvalue weighted by Gasteiger charge is 2.30. The highest BCUT2D eigenvalue weighted by Crippen LogP contribution is 2.23. The molecule has 1 aromatic rings. The molecule has 2 amide bonds. The quantitative estimate of drug-likeness (QED) is 0.293. The zero-order valence-electron chi connectivity index (χ0n) is 16.4. The molecule has 1 aliphatic rings. The van der Waals surface area contributed by atoms with Crippen molar-refractivity contribution in [1.29, 1.82) is 0 Å². The van der Waals surface area contributed by atoms with E-state index in [9.17, 15) is 14.4 Å². The van der Waals surface area contributed by atoms with Gasteiger partial charge in [0, 0.05) is 12.8 Å². The SMILES string of the molecule is CCCCCCCCCCCOC(=O)c1cccc(N2C(=O)CCC2=O)c1. The lowest BCUT2D eigenvalue weighted by molar-refractivity contribution is -0.121. The predicted octanol–water partition coefficient (Wildman–Crippen LogP) is 5.03. The number of hydrogen-bond donors (Lipinski definition) is 0. The Morgan fingerprint density at radius 1 is 0.926 bits per heavy atom. The van der Waals surface area contributed by atoms with Crippen molar-refractivity contribution in [3.63, 3.8) is 0 Å². The van der Waals surface area contributed by atoms with Gasteiger partial charge in [0.25, 0.3) is 0 Å².